The quantitative estimate of drug-likeness (QED) is 0.649. The SMILES string of the molecule is CC(C)(C)CS(=O)(=O)NCCCCN. The summed E-state index contributed by atoms with van der Waals surface area (Å²) >= 11 is 0. The van der Waals surface area contributed by atoms with Crippen molar-refractivity contribution in [3.8, 4) is 0 Å². The predicted octanol–water partition coefficient (Wildman–Crippen LogP) is 0.691. The first-order valence-corrected chi connectivity index (χ1v) is 6.59. The average molecular weight is 222 g/mol. The van der Waals surface area contributed by atoms with Crippen LogP contribution in [0.4, 0.5) is 0 Å². The van der Waals surface area contributed by atoms with Crippen LogP contribution in [0.5, 0.6) is 0 Å². The van der Waals surface area contributed by atoms with Gasteiger partial charge in [0.2, 0.25) is 10.0 Å². The van der Waals surface area contributed by atoms with Crippen molar-refractivity contribution >= 4 is 10.0 Å². The molecule has 0 aliphatic rings. The van der Waals surface area contributed by atoms with Crippen molar-refractivity contribution < 1.29 is 8.42 Å². The van der Waals surface area contributed by atoms with Gasteiger partial charge >= 0.3 is 0 Å². The second kappa shape index (κ2) is 5.68. The number of rotatable bonds is 6. The van der Waals surface area contributed by atoms with E-state index in [1.54, 1.807) is 0 Å². The molecule has 0 aliphatic carbocycles. The van der Waals surface area contributed by atoms with Crippen LogP contribution in [-0.4, -0.2) is 27.3 Å². The Labute approximate surface area is 87.3 Å². The summed E-state index contributed by atoms with van der Waals surface area (Å²) in [6.45, 7) is 6.83. The molecule has 14 heavy (non-hydrogen) atoms. The Bertz CT molecular complexity index is 242. The van der Waals surface area contributed by atoms with Crippen LogP contribution in [0.3, 0.4) is 0 Å². The molecule has 0 atom stereocenters. The highest BCUT2D eigenvalue weighted by molar-refractivity contribution is 7.89. The number of hydrogen-bond donors (Lipinski definition) is 2. The number of unbranched alkanes of at least 4 members (excludes halogenated alkanes) is 1. The summed E-state index contributed by atoms with van der Waals surface area (Å²) in [6.07, 6.45) is 1.66. The van der Waals surface area contributed by atoms with Crippen LogP contribution in [0.1, 0.15) is 33.6 Å². The van der Waals surface area contributed by atoms with Crippen molar-refractivity contribution in [2.75, 3.05) is 18.8 Å². The van der Waals surface area contributed by atoms with Crippen LogP contribution >= 0.6 is 0 Å². The first-order valence-electron chi connectivity index (χ1n) is 4.94. The fraction of sp³-hybridized carbons (Fsp3) is 1.00. The normalized spacial score (nSPS) is 13.1. The highest BCUT2D eigenvalue weighted by Crippen LogP contribution is 2.15. The van der Waals surface area contributed by atoms with Crippen LogP contribution in [0.2, 0.25) is 0 Å². The molecule has 0 fully saturated rings. The van der Waals surface area contributed by atoms with Crippen molar-refractivity contribution in [1.29, 1.82) is 0 Å². The Kier molecular flexibility index (Phi) is 5.63. The number of nitrogens with one attached hydrogen (secondary N) is 1. The third-order valence-corrected chi connectivity index (χ3v) is 3.47. The summed E-state index contributed by atoms with van der Waals surface area (Å²) in [4.78, 5) is 0. The summed E-state index contributed by atoms with van der Waals surface area (Å²) in [5.41, 5.74) is 5.11. The van der Waals surface area contributed by atoms with E-state index in [9.17, 15) is 8.42 Å². The maximum Gasteiger partial charge on any atom is 0.212 e. The molecule has 0 amide bonds. The lowest BCUT2D eigenvalue weighted by Crippen LogP contribution is -2.33. The summed E-state index contributed by atoms with van der Waals surface area (Å²) < 4.78 is 25.5. The van der Waals surface area contributed by atoms with Crippen LogP contribution in [0.25, 0.3) is 0 Å². The second-order valence-corrected chi connectivity index (χ2v) is 6.52. The second-order valence-electron chi connectivity index (χ2n) is 4.71. The van der Waals surface area contributed by atoms with E-state index < -0.39 is 10.0 Å². The maximum absolute atomic E-state index is 11.5. The molecule has 0 saturated heterocycles. The monoisotopic (exact) mass is 222 g/mol. The van der Waals surface area contributed by atoms with E-state index in [2.05, 4.69) is 4.72 Å². The van der Waals surface area contributed by atoms with Crippen molar-refractivity contribution in [2.45, 2.75) is 33.6 Å². The predicted molar refractivity (Wildman–Crippen MR) is 59.5 cm³/mol. The molecule has 5 heteroatoms. The van der Waals surface area contributed by atoms with Crippen LogP contribution in [-0.2, 0) is 10.0 Å². The molecule has 0 aromatic heterocycles. The summed E-state index contributed by atoms with van der Waals surface area (Å²) in [5, 5.41) is 0. The van der Waals surface area contributed by atoms with E-state index in [1.807, 2.05) is 20.8 Å². The minimum Gasteiger partial charge on any atom is -0.330 e. The molecule has 3 N–H and O–H groups in total. The van der Waals surface area contributed by atoms with Gasteiger partial charge < -0.3 is 5.73 Å². The average Bonchev–Trinajstić information content (AvgIpc) is 1.93. The van der Waals surface area contributed by atoms with Crippen molar-refractivity contribution in [1.82, 2.24) is 4.72 Å². The minimum atomic E-state index is -3.11. The van der Waals surface area contributed by atoms with Gasteiger partial charge in [0.05, 0.1) is 5.75 Å². The van der Waals surface area contributed by atoms with Gasteiger partial charge in [-0.05, 0) is 24.8 Å². The third kappa shape index (κ3) is 8.47. The van der Waals surface area contributed by atoms with Gasteiger partial charge in [-0.1, -0.05) is 20.8 Å². The zero-order chi connectivity index (χ0) is 11.2. The number of nitrogens with two attached hydrogens (primary N) is 1. The van der Waals surface area contributed by atoms with E-state index in [1.165, 1.54) is 0 Å². The van der Waals surface area contributed by atoms with Gasteiger partial charge in [-0.25, -0.2) is 13.1 Å². The lowest BCUT2D eigenvalue weighted by atomic mass is 10.0. The van der Waals surface area contributed by atoms with Gasteiger partial charge in [-0.15, -0.1) is 0 Å². The van der Waals surface area contributed by atoms with Gasteiger partial charge in [0, 0.05) is 6.54 Å². The Morgan fingerprint density at radius 1 is 1.21 bits per heavy atom. The summed E-state index contributed by atoms with van der Waals surface area (Å²) in [5.74, 6) is 0.169. The Morgan fingerprint density at radius 2 is 1.79 bits per heavy atom. The van der Waals surface area contributed by atoms with Gasteiger partial charge in [0.15, 0.2) is 0 Å². The van der Waals surface area contributed by atoms with Crippen molar-refractivity contribution in [3.05, 3.63) is 0 Å². The van der Waals surface area contributed by atoms with Crippen molar-refractivity contribution in [2.24, 2.45) is 11.1 Å². The standard InChI is InChI=1S/C9H22N2O2S/c1-9(2,3)8-14(12,13)11-7-5-4-6-10/h11H,4-8,10H2,1-3H3. The van der Waals surface area contributed by atoms with Gasteiger partial charge in [-0.3, -0.25) is 0 Å². The zero-order valence-corrected chi connectivity index (χ0v) is 10.2. The summed E-state index contributed by atoms with van der Waals surface area (Å²) in [7, 11) is -3.11. The third-order valence-electron chi connectivity index (χ3n) is 1.58. The van der Waals surface area contributed by atoms with Gasteiger partial charge in [0.25, 0.3) is 0 Å². The highest BCUT2D eigenvalue weighted by Gasteiger charge is 2.20. The van der Waals surface area contributed by atoms with E-state index in [4.69, 9.17) is 5.73 Å². The molecule has 0 unspecified atom stereocenters. The molecule has 0 spiro atoms. The molecule has 0 aliphatic heterocycles. The first-order chi connectivity index (χ1) is 6.27. The van der Waals surface area contributed by atoms with E-state index in [0.29, 0.717) is 13.1 Å². The molecular weight excluding hydrogens is 200 g/mol. The smallest absolute Gasteiger partial charge is 0.212 e. The number of sulfonamides is 1. The van der Waals surface area contributed by atoms with E-state index >= 15 is 0 Å². The fourth-order valence-electron chi connectivity index (χ4n) is 1.12. The molecule has 0 heterocycles. The topological polar surface area (TPSA) is 72.2 Å². The lowest BCUT2D eigenvalue weighted by molar-refractivity contribution is 0.457. The Morgan fingerprint density at radius 3 is 2.21 bits per heavy atom. The van der Waals surface area contributed by atoms with E-state index in [0.717, 1.165) is 12.8 Å². The van der Waals surface area contributed by atoms with Crippen LogP contribution in [0, 0.1) is 5.41 Å². The molecular formula is C9H22N2O2S. The largest absolute Gasteiger partial charge is 0.330 e. The maximum atomic E-state index is 11.5. The Hall–Kier alpha value is -0.130. The lowest BCUT2D eigenvalue weighted by Gasteiger charge is -2.18. The molecule has 0 rings (SSSR count). The highest BCUT2D eigenvalue weighted by atomic mass is 32.2. The van der Waals surface area contributed by atoms with E-state index in [-0.39, 0.29) is 11.2 Å². The number of hydrogen-bond acceptors (Lipinski definition) is 3. The van der Waals surface area contributed by atoms with Crippen LogP contribution in [0.15, 0.2) is 0 Å². The molecule has 86 valence electrons. The molecule has 0 bridgehead atoms. The molecule has 0 aromatic rings. The fourth-order valence-corrected chi connectivity index (χ4v) is 2.82. The summed E-state index contributed by atoms with van der Waals surface area (Å²) in [6, 6.07) is 0. The van der Waals surface area contributed by atoms with Crippen molar-refractivity contribution in [3.63, 3.8) is 0 Å². The molecule has 0 radical (unpaired) electrons. The first kappa shape index (κ1) is 13.9. The Balaban J connectivity index is 3.86. The minimum absolute atomic E-state index is 0.169. The van der Waals surface area contributed by atoms with Crippen LogP contribution < -0.4 is 10.5 Å². The molecule has 0 aromatic carbocycles. The van der Waals surface area contributed by atoms with Gasteiger partial charge in [-0.2, -0.15) is 0 Å². The zero-order valence-electron chi connectivity index (χ0n) is 9.34. The molecule has 4 nitrogen and oxygen atoms in total. The van der Waals surface area contributed by atoms with Gasteiger partial charge in [0.1, 0.15) is 0 Å². The molecule has 0 saturated carbocycles.